The van der Waals surface area contributed by atoms with Crippen molar-refractivity contribution in [3.8, 4) is 0 Å². The van der Waals surface area contributed by atoms with Crippen LogP contribution in [0.25, 0.3) is 0 Å². The van der Waals surface area contributed by atoms with Gasteiger partial charge in [-0.25, -0.2) is 14.4 Å². The fourth-order valence-electron chi connectivity index (χ4n) is 5.83. The highest BCUT2D eigenvalue weighted by Crippen LogP contribution is 2.52. The molecule has 0 aromatic heterocycles. The summed E-state index contributed by atoms with van der Waals surface area (Å²) < 4.78 is 20.5. The van der Waals surface area contributed by atoms with E-state index in [2.05, 4.69) is 0 Å². The van der Waals surface area contributed by atoms with Crippen molar-refractivity contribution >= 4 is 47.6 Å². The Morgan fingerprint density at radius 3 is 2.30 bits per heavy atom. The molecule has 2 saturated heterocycles. The van der Waals surface area contributed by atoms with Gasteiger partial charge in [0, 0.05) is 43.1 Å². The zero-order chi connectivity index (χ0) is 33.7. The maximum Gasteiger partial charge on any atom is 0.413 e. The molecule has 1 aromatic carbocycles. The molecule has 1 N–H and O–H groups in total. The van der Waals surface area contributed by atoms with Gasteiger partial charge in [-0.15, -0.1) is 11.8 Å². The summed E-state index contributed by atoms with van der Waals surface area (Å²) in [6.45, 7) is 3.91. The Kier molecular flexibility index (Phi) is 11.3. The number of carbonyl (C=O) groups excluding carboxylic acids is 6. The number of aliphatic hydroxyl groups excluding tert-OH is 1. The van der Waals surface area contributed by atoms with E-state index in [1.165, 1.54) is 33.4 Å². The quantitative estimate of drug-likeness (QED) is 0.197. The van der Waals surface area contributed by atoms with Gasteiger partial charge < -0.3 is 33.9 Å². The number of thioether (sulfide) groups is 1. The Morgan fingerprint density at radius 1 is 1.02 bits per heavy atom. The SMILES string of the molecule is CCCC(=O)OCOC(=O)N1C[C@@H](SC2=C(C(=O)OCOC(=O)c3ccccc3)N3C(=O)[C@H](C(C)O)[C@H]3[C@H]2C)C[C@H]1C(=O)N(C)C. The molecule has 3 aliphatic heterocycles. The second-order valence-electron chi connectivity index (χ2n) is 11.5. The molecule has 0 spiro atoms. The lowest BCUT2D eigenvalue weighted by molar-refractivity contribution is -0.166. The van der Waals surface area contributed by atoms with E-state index in [-0.39, 0.29) is 36.6 Å². The molecular weight excluding hydrogens is 622 g/mol. The van der Waals surface area contributed by atoms with Crippen LogP contribution >= 0.6 is 11.8 Å². The Balaban J connectivity index is 1.52. The van der Waals surface area contributed by atoms with Crippen molar-refractivity contribution in [2.24, 2.45) is 11.8 Å². The van der Waals surface area contributed by atoms with Gasteiger partial charge in [0.15, 0.2) is 0 Å². The van der Waals surface area contributed by atoms with E-state index in [9.17, 15) is 33.9 Å². The average Bonchev–Trinajstić information content (AvgIpc) is 3.54. The predicted molar refractivity (Wildman–Crippen MR) is 162 cm³/mol. The molecule has 4 rings (SSSR count). The topological polar surface area (TPSA) is 169 Å². The van der Waals surface area contributed by atoms with Gasteiger partial charge in [-0.1, -0.05) is 32.0 Å². The molecule has 46 heavy (non-hydrogen) atoms. The van der Waals surface area contributed by atoms with Crippen molar-refractivity contribution in [3.05, 3.63) is 46.5 Å². The summed E-state index contributed by atoms with van der Waals surface area (Å²) in [5.74, 6) is -4.01. The molecule has 14 nitrogen and oxygen atoms in total. The largest absolute Gasteiger partial charge is 0.428 e. The molecule has 3 heterocycles. The monoisotopic (exact) mass is 661 g/mol. The molecular formula is C31H39N3O11S. The van der Waals surface area contributed by atoms with E-state index in [1.54, 1.807) is 44.4 Å². The maximum absolute atomic E-state index is 13.4. The zero-order valence-corrected chi connectivity index (χ0v) is 27.2. The fraction of sp³-hybridized carbons (Fsp3) is 0.548. The number of benzene rings is 1. The van der Waals surface area contributed by atoms with Gasteiger partial charge in [0.05, 0.1) is 23.6 Å². The second-order valence-corrected chi connectivity index (χ2v) is 12.8. The van der Waals surface area contributed by atoms with Crippen LogP contribution in [0.1, 0.15) is 50.4 Å². The molecule has 6 atom stereocenters. The first-order chi connectivity index (χ1) is 21.9. The highest BCUT2D eigenvalue weighted by Gasteiger charge is 2.60. The van der Waals surface area contributed by atoms with E-state index in [1.807, 2.05) is 13.8 Å². The molecule has 250 valence electrons. The van der Waals surface area contributed by atoms with Crippen LogP contribution in [-0.4, -0.2) is 113 Å². The molecule has 1 aromatic rings. The van der Waals surface area contributed by atoms with Crippen molar-refractivity contribution < 1.29 is 52.8 Å². The van der Waals surface area contributed by atoms with Gasteiger partial charge in [0.25, 0.3) is 0 Å². The van der Waals surface area contributed by atoms with Crippen molar-refractivity contribution in [1.29, 1.82) is 0 Å². The number of hydrogen-bond acceptors (Lipinski definition) is 12. The highest BCUT2D eigenvalue weighted by molar-refractivity contribution is 8.03. The smallest absolute Gasteiger partial charge is 0.413 e. The molecule has 0 radical (unpaired) electrons. The van der Waals surface area contributed by atoms with Gasteiger partial charge in [-0.2, -0.15) is 0 Å². The van der Waals surface area contributed by atoms with E-state index in [0.717, 1.165) is 0 Å². The Labute approximate surface area is 270 Å². The van der Waals surface area contributed by atoms with Gasteiger partial charge in [0.2, 0.25) is 25.4 Å². The average molecular weight is 662 g/mol. The van der Waals surface area contributed by atoms with Gasteiger partial charge in [0.1, 0.15) is 11.7 Å². The molecule has 0 saturated carbocycles. The Hall–Kier alpha value is -4.11. The Bertz CT molecular complexity index is 1380. The first-order valence-corrected chi connectivity index (χ1v) is 15.9. The maximum atomic E-state index is 13.4. The van der Waals surface area contributed by atoms with Crippen molar-refractivity contribution in [2.75, 3.05) is 34.2 Å². The number of ether oxygens (including phenoxy) is 4. The highest BCUT2D eigenvalue weighted by atomic mass is 32.2. The Morgan fingerprint density at radius 2 is 1.67 bits per heavy atom. The fourth-order valence-corrected chi connectivity index (χ4v) is 7.35. The zero-order valence-electron chi connectivity index (χ0n) is 26.4. The summed E-state index contributed by atoms with van der Waals surface area (Å²) in [5.41, 5.74) is 0.242. The normalized spacial score (nSPS) is 24.1. The lowest BCUT2D eigenvalue weighted by atomic mass is 9.79. The third-order valence-electron chi connectivity index (χ3n) is 8.06. The van der Waals surface area contributed by atoms with Gasteiger partial charge in [-0.05, 0) is 31.9 Å². The summed E-state index contributed by atoms with van der Waals surface area (Å²) in [4.78, 5) is 81.0. The van der Waals surface area contributed by atoms with Gasteiger partial charge in [-0.3, -0.25) is 19.3 Å². The molecule has 3 aliphatic rings. The number of rotatable bonds is 12. The molecule has 2 fully saturated rings. The second kappa shape index (κ2) is 15.0. The molecule has 3 amide bonds. The lowest BCUT2D eigenvalue weighted by Gasteiger charge is -2.46. The van der Waals surface area contributed by atoms with Crippen molar-refractivity contribution in [1.82, 2.24) is 14.7 Å². The number of likely N-dealkylation sites (tertiary alicyclic amines) is 1. The van der Waals surface area contributed by atoms with E-state index in [4.69, 9.17) is 18.9 Å². The minimum Gasteiger partial charge on any atom is -0.428 e. The van der Waals surface area contributed by atoms with Crippen LogP contribution in [0.3, 0.4) is 0 Å². The number of esters is 3. The minimum atomic E-state index is -0.963. The van der Waals surface area contributed by atoms with E-state index in [0.29, 0.717) is 11.3 Å². The lowest BCUT2D eigenvalue weighted by Crippen LogP contribution is -2.63. The number of amides is 3. The van der Waals surface area contributed by atoms with Crippen LogP contribution in [0.5, 0.6) is 0 Å². The van der Waals surface area contributed by atoms with E-state index < -0.39 is 78.8 Å². The van der Waals surface area contributed by atoms with Crippen LogP contribution < -0.4 is 0 Å². The first-order valence-electron chi connectivity index (χ1n) is 15.0. The van der Waals surface area contributed by atoms with Gasteiger partial charge >= 0.3 is 24.0 Å². The van der Waals surface area contributed by atoms with Crippen molar-refractivity contribution in [3.63, 3.8) is 0 Å². The van der Waals surface area contributed by atoms with Crippen LogP contribution in [0.15, 0.2) is 40.9 Å². The summed E-state index contributed by atoms with van der Waals surface area (Å²) in [5, 5.41) is 9.91. The number of aliphatic hydroxyl groups is 1. The molecule has 0 aliphatic carbocycles. The summed E-state index contributed by atoms with van der Waals surface area (Å²) in [6.07, 6.45) is -0.852. The number of fused-ring (bicyclic) bond motifs is 1. The third kappa shape index (κ3) is 7.30. The van der Waals surface area contributed by atoms with E-state index >= 15 is 0 Å². The molecule has 15 heteroatoms. The number of carbonyl (C=O) groups is 6. The van der Waals surface area contributed by atoms with Crippen LogP contribution in [0, 0.1) is 11.8 Å². The van der Waals surface area contributed by atoms with Crippen LogP contribution in [0.2, 0.25) is 0 Å². The molecule has 0 bridgehead atoms. The summed E-state index contributed by atoms with van der Waals surface area (Å²) in [6, 6.07) is 6.76. The number of likely N-dealkylation sites (N-methyl/N-ethyl adjacent to an activating group) is 1. The third-order valence-corrected chi connectivity index (χ3v) is 9.56. The number of β-lactam (4-membered cyclic amide) rings is 1. The minimum absolute atomic E-state index is 0.0282. The number of nitrogens with zero attached hydrogens (tertiary/aromatic N) is 3. The van der Waals surface area contributed by atoms with Crippen LogP contribution in [-0.2, 0) is 38.1 Å². The summed E-state index contributed by atoms with van der Waals surface area (Å²) >= 11 is 1.24. The first kappa shape index (κ1) is 34.8. The van der Waals surface area contributed by atoms with Crippen molar-refractivity contribution in [2.45, 2.75) is 63.5 Å². The number of hydrogen-bond donors (Lipinski definition) is 1. The van der Waals surface area contributed by atoms with Crippen LogP contribution in [0.4, 0.5) is 4.79 Å². The standard InChI is InChI=1S/C31H39N3O11S/c1-6-10-22(36)42-15-45-31(41)33-14-20(13-21(33)27(37)32(4)5)46-26-17(2)24-23(18(3)35)28(38)34(24)25(26)30(40)44-16-43-29(39)19-11-8-7-9-12-19/h7-9,11-12,17-18,20-21,23-24,35H,6,10,13-16H2,1-5H3/t17-,18?,20+,21+,23-,24-/m1/s1. The molecule has 1 unspecified atom stereocenters. The summed E-state index contributed by atoms with van der Waals surface area (Å²) in [7, 11) is 3.12. The predicted octanol–water partition coefficient (Wildman–Crippen LogP) is 2.11.